The van der Waals surface area contributed by atoms with Gasteiger partial charge in [-0.2, -0.15) is 0 Å². The number of carboxylic acid groups (broad SMARTS) is 1. The molecule has 2 N–H and O–H groups in total. The lowest BCUT2D eigenvalue weighted by Crippen LogP contribution is -2.54. The quantitative estimate of drug-likeness (QED) is 0.872. The van der Waals surface area contributed by atoms with Gasteiger partial charge in [0.1, 0.15) is 6.04 Å². The number of carbonyl (C=O) groups is 2. The molecule has 0 bridgehead atoms. The Morgan fingerprint density at radius 1 is 1.29 bits per heavy atom. The minimum absolute atomic E-state index is 0.0665. The zero-order valence-electron chi connectivity index (χ0n) is 12.1. The van der Waals surface area contributed by atoms with Crippen molar-refractivity contribution in [1.82, 2.24) is 10.2 Å². The summed E-state index contributed by atoms with van der Waals surface area (Å²) in [5.74, 6) is -0.932. The summed E-state index contributed by atoms with van der Waals surface area (Å²) in [6.45, 7) is 2.30. The molecule has 2 aliphatic rings. The topological polar surface area (TPSA) is 69.6 Å². The summed E-state index contributed by atoms with van der Waals surface area (Å²) in [6, 6.07) is 7.08. The zero-order chi connectivity index (χ0) is 15.0. The van der Waals surface area contributed by atoms with Gasteiger partial charge in [-0.1, -0.05) is 24.3 Å². The lowest BCUT2D eigenvalue weighted by Gasteiger charge is -2.37. The predicted molar refractivity (Wildman–Crippen MR) is 77.7 cm³/mol. The van der Waals surface area contributed by atoms with Gasteiger partial charge in [0.05, 0.1) is 6.04 Å². The summed E-state index contributed by atoms with van der Waals surface area (Å²) in [6.07, 6.45) is 2.51. The Morgan fingerprint density at radius 3 is 2.57 bits per heavy atom. The molecule has 1 aromatic carbocycles. The lowest BCUT2D eigenvalue weighted by molar-refractivity contribution is -0.146. The number of hydrogen-bond acceptors (Lipinski definition) is 3. The normalized spacial score (nSPS) is 23.2. The van der Waals surface area contributed by atoms with E-state index in [9.17, 15) is 14.7 Å². The minimum atomic E-state index is -0.865. The number of fused-ring (bicyclic) bond motifs is 1. The van der Waals surface area contributed by atoms with Crippen LogP contribution in [0.4, 0.5) is 0 Å². The number of rotatable bonds is 4. The van der Waals surface area contributed by atoms with E-state index >= 15 is 0 Å². The highest BCUT2D eigenvalue weighted by Gasteiger charge is 2.37. The highest BCUT2D eigenvalue weighted by molar-refractivity contribution is 5.83. The van der Waals surface area contributed by atoms with Crippen LogP contribution in [0.3, 0.4) is 0 Å². The first kappa shape index (κ1) is 14.1. The summed E-state index contributed by atoms with van der Waals surface area (Å²) in [7, 11) is 0. The number of amides is 1. The molecular formula is C16H20N2O3. The van der Waals surface area contributed by atoms with E-state index in [0.717, 1.165) is 24.0 Å². The van der Waals surface area contributed by atoms with Gasteiger partial charge in [-0.05, 0) is 37.3 Å². The molecule has 1 heterocycles. The molecule has 1 aliphatic heterocycles. The number of aliphatic carboxylic acids is 1. The van der Waals surface area contributed by atoms with Crippen LogP contribution in [-0.4, -0.2) is 40.0 Å². The Morgan fingerprint density at radius 2 is 1.95 bits per heavy atom. The second kappa shape index (κ2) is 5.48. The van der Waals surface area contributed by atoms with Crippen LogP contribution in [0.25, 0.3) is 0 Å². The van der Waals surface area contributed by atoms with Crippen molar-refractivity contribution in [2.24, 2.45) is 0 Å². The fourth-order valence-corrected chi connectivity index (χ4v) is 2.88. The largest absolute Gasteiger partial charge is 0.480 e. The molecule has 5 nitrogen and oxygen atoms in total. The second-order valence-electron chi connectivity index (χ2n) is 5.96. The van der Waals surface area contributed by atoms with E-state index in [-0.39, 0.29) is 5.91 Å². The summed E-state index contributed by atoms with van der Waals surface area (Å²) in [5, 5.41) is 12.4. The van der Waals surface area contributed by atoms with Crippen molar-refractivity contribution in [3.05, 3.63) is 35.4 Å². The van der Waals surface area contributed by atoms with Gasteiger partial charge >= 0.3 is 5.97 Å². The summed E-state index contributed by atoms with van der Waals surface area (Å²) >= 11 is 0. The molecule has 1 fully saturated rings. The Bertz CT molecular complexity index is 568. The lowest BCUT2D eigenvalue weighted by atomic mass is 9.92. The van der Waals surface area contributed by atoms with Gasteiger partial charge in [0.25, 0.3) is 0 Å². The smallest absolute Gasteiger partial charge is 0.321 e. The number of benzene rings is 1. The highest BCUT2D eigenvalue weighted by atomic mass is 16.4. The van der Waals surface area contributed by atoms with Crippen LogP contribution in [0.1, 0.15) is 30.9 Å². The highest BCUT2D eigenvalue weighted by Crippen LogP contribution is 2.26. The van der Waals surface area contributed by atoms with E-state index in [1.807, 2.05) is 24.3 Å². The van der Waals surface area contributed by atoms with Crippen molar-refractivity contribution in [3.63, 3.8) is 0 Å². The van der Waals surface area contributed by atoms with Crippen LogP contribution in [0.2, 0.25) is 0 Å². The number of carboxylic acids is 1. The molecule has 1 saturated carbocycles. The van der Waals surface area contributed by atoms with E-state index in [1.54, 1.807) is 11.8 Å². The van der Waals surface area contributed by atoms with Crippen LogP contribution >= 0.6 is 0 Å². The Labute approximate surface area is 123 Å². The third-order valence-electron chi connectivity index (χ3n) is 4.37. The Balaban J connectivity index is 1.81. The molecule has 3 rings (SSSR count). The molecule has 5 heteroatoms. The average Bonchev–Trinajstić information content (AvgIpc) is 3.28. The van der Waals surface area contributed by atoms with E-state index in [1.165, 1.54) is 0 Å². The summed E-state index contributed by atoms with van der Waals surface area (Å²) < 4.78 is 0. The molecule has 21 heavy (non-hydrogen) atoms. The van der Waals surface area contributed by atoms with Crippen molar-refractivity contribution in [3.8, 4) is 0 Å². The van der Waals surface area contributed by atoms with Crippen LogP contribution in [0.5, 0.6) is 0 Å². The van der Waals surface area contributed by atoms with E-state index in [0.29, 0.717) is 19.0 Å². The summed E-state index contributed by atoms with van der Waals surface area (Å²) in [5.41, 5.74) is 2.18. The number of nitrogens with one attached hydrogen (secondary N) is 1. The molecule has 0 radical (unpaired) electrons. The molecule has 1 aromatic rings. The van der Waals surface area contributed by atoms with Gasteiger partial charge in [-0.15, -0.1) is 0 Å². The first-order valence-electron chi connectivity index (χ1n) is 7.42. The molecule has 1 aliphatic carbocycles. The molecule has 0 saturated heterocycles. The number of nitrogens with zero attached hydrogens (tertiary/aromatic N) is 1. The SMILES string of the molecule is CC(C(=O)NC1CC1)N1Cc2ccccc2C[C@H]1C(=O)O. The van der Waals surface area contributed by atoms with Gasteiger partial charge < -0.3 is 10.4 Å². The van der Waals surface area contributed by atoms with Gasteiger partial charge in [0, 0.05) is 12.6 Å². The summed E-state index contributed by atoms with van der Waals surface area (Å²) in [4.78, 5) is 25.6. The molecular weight excluding hydrogens is 268 g/mol. The Kier molecular flexibility index (Phi) is 3.68. The fraction of sp³-hybridized carbons (Fsp3) is 0.500. The molecule has 1 amide bonds. The van der Waals surface area contributed by atoms with Crippen LogP contribution in [0, 0.1) is 0 Å². The zero-order valence-corrected chi connectivity index (χ0v) is 12.1. The van der Waals surface area contributed by atoms with E-state index in [2.05, 4.69) is 5.32 Å². The number of hydrogen-bond donors (Lipinski definition) is 2. The maximum absolute atomic E-state index is 12.2. The third-order valence-corrected chi connectivity index (χ3v) is 4.37. The number of carbonyl (C=O) groups excluding carboxylic acids is 1. The Hall–Kier alpha value is -1.88. The van der Waals surface area contributed by atoms with Crippen LogP contribution in [0.15, 0.2) is 24.3 Å². The van der Waals surface area contributed by atoms with Gasteiger partial charge in [0.15, 0.2) is 0 Å². The van der Waals surface area contributed by atoms with Crippen molar-refractivity contribution in [2.45, 2.75) is 50.9 Å². The molecule has 2 atom stereocenters. The van der Waals surface area contributed by atoms with Gasteiger partial charge in [-0.3, -0.25) is 14.5 Å². The van der Waals surface area contributed by atoms with Crippen LogP contribution in [-0.2, 0) is 22.6 Å². The van der Waals surface area contributed by atoms with Crippen molar-refractivity contribution in [2.75, 3.05) is 0 Å². The standard InChI is InChI=1S/C16H20N2O3/c1-10(15(19)17-13-6-7-13)18-9-12-5-3-2-4-11(12)8-14(18)16(20)21/h2-5,10,13-14H,6-9H2,1H3,(H,17,19)(H,20,21)/t10?,14-/m0/s1. The van der Waals surface area contributed by atoms with Gasteiger partial charge in [-0.25, -0.2) is 0 Å². The monoisotopic (exact) mass is 288 g/mol. The first-order chi connectivity index (χ1) is 10.1. The maximum Gasteiger partial charge on any atom is 0.321 e. The van der Waals surface area contributed by atoms with Gasteiger partial charge in [0.2, 0.25) is 5.91 Å². The van der Waals surface area contributed by atoms with E-state index in [4.69, 9.17) is 0 Å². The van der Waals surface area contributed by atoms with E-state index < -0.39 is 18.1 Å². The van der Waals surface area contributed by atoms with Crippen molar-refractivity contribution in [1.29, 1.82) is 0 Å². The third kappa shape index (κ3) is 2.93. The fourth-order valence-electron chi connectivity index (χ4n) is 2.88. The molecule has 1 unspecified atom stereocenters. The minimum Gasteiger partial charge on any atom is -0.480 e. The molecule has 0 aromatic heterocycles. The maximum atomic E-state index is 12.2. The average molecular weight is 288 g/mol. The predicted octanol–water partition coefficient (Wildman–Crippen LogP) is 1.16. The van der Waals surface area contributed by atoms with Crippen LogP contribution < -0.4 is 5.32 Å². The van der Waals surface area contributed by atoms with Crippen molar-refractivity contribution >= 4 is 11.9 Å². The second-order valence-corrected chi connectivity index (χ2v) is 5.96. The molecule has 112 valence electrons. The molecule has 0 spiro atoms. The first-order valence-corrected chi connectivity index (χ1v) is 7.42. The van der Waals surface area contributed by atoms with Crippen molar-refractivity contribution < 1.29 is 14.7 Å².